The van der Waals surface area contributed by atoms with Crippen molar-refractivity contribution < 1.29 is 14.7 Å². The van der Waals surface area contributed by atoms with Crippen molar-refractivity contribution in [1.82, 2.24) is 19.4 Å². The highest BCUT2D eigenvalue weighted by atomic mass is 32.2. The van der Waals surface area contributed by atoms with Crippen molar-refractivity contribution in [2.45, 2.75) is 18.6 Å². The number of likely N-dealkylation sites (N-methyl/N-ethyl adjacent to an activating group) is 1. The van der Waals surface area contributed by atoms with Gasteiger partial charge in [-0.2, -0.15) is 0 Å². The van der Waals surface area contributed by atoms with Gasteiger partial charge < -0.3 is 10.0 Å². The monoisotopic (exact) mass is 308 g/mol. The molecule has 1 amide bonds. The number of aromatic nitrogens is 3. The van der Waals surface area contributed by atoms with Gasteiger partial charge in [0.2, 0.25) is 5.91 Å². The summed E-state index contributed by atoms with van der Waals surface area (Å²) in [6.07, 6.45) is 0. The zero-order chi connectivity index (χ0) is 15.6. The number of carbonyl (C=O) groups excluding carboxylic acids is 1. The Balaban J connectivity index is 2.45. The van der Waals surface area contributed by atoms with Crippen molar-refractivity contribution >= 4 is 34.8 Å². The van der Waals surface area contributed by atoms with Crippen LogP contribution < -0.4 is 0 Å². The second-order valence-corrected chi connectivity index (χ2v) is 5.69. The quantitative estimate of drug-likeness (QED) is 0.829. The number of imidazole rings is 1. The molecule has 2 aromatic heterocycles. The first kappa shape index (κ1) is 15.3. The summed E-state index contributed by atoms with van der Waals surface area (Å²) in [6.45, 7) is 1.94. The van der Waals surface area contributed by atoms with Crippen LogP contribution in [0.4, 0.5) is 0 Å². The van der Waals surface area contributed by atoms with Crippen molar-refractivity contribution in [1.29, 1.82) is 0 Å². The van der Waals surface area contributed by atoms with Crippen LogP contribution in [0.25, 0.3) is 11.2 Å². The van der Waals surface area contributed by atoms with E-state index in [0.29, 0.717) is 16.3 Å². The summed E-state index contributed by atoms with van der Waals surface area (Å²) in [5.74, 6) is -1.14. The molecule has 0 saturated carbocycles. The fourth-order valence-electron chi connectivity index (χ4n) is 1.73. The van der Waals surface area contributed by atoms with Gasteiger partial charge in [0.25, 0.3) is 0 Å². The molecule has 0 radical (unpaired) electrons. The van der Waals surface area contributed by atoms with Crippen LogP contribution in [-0.4, -0.2) is 56.3 Å². The van der Waals surface area contributed by atoms with Gasteiger partial charge in [0.15, 0.2) is 10.8 Å². The number of fused-ring (bicyclic) bond motifs is 1. The molecule has 7 nitrogen and oxygen atoms in total. The highest BCUT2D eigenvalue weighted by Crippen LogP contribution is 2.23. The van der Waals surface area contributed by atoms with E-state index in [1.807, 2.05) is 19.1 Å². The van der Waals surface area contributed by atoms with Gasteiger partial charge in [0.05, 0.1) is 5.75 Å². The number of nitrogens with zero attached hydrogens (tertiary/aromatic N) is 4. The second-order valence-electron chi connectivity index (χ2n) is 4.75. The van der Waals surface area contributed by atoms with E-state index in [0.717, 1.165) is 17.5 Å². The Bertz CT molecular complexity index is 696. The van der Waals surface area contributed by atoms with Crippen LogP contribution >= 0.6 is 11.8 Å². The number of pyridine rings is 1. The van der Waals surface area contributed by atoms with Gasteiger partial charge >= 0.3 is 5.97 Å². The summed E-state index contributed by atoms with van der Waals surface area (Å²) in [5, 5.41) is 9.29. The van der Waals surface area contributed by atoms with E-state index in [2.05, 4.69) is 9.97 Å². The number of carbonyl (C=O) groups is 2. The molecular weight excluding hydrogens is 292 g/mol. The maximum atomic E-state index is 12.0. The molecule has 0 atom stereocenters. The molecule has 0 bridgehead atoms. The first-order chi connectivity index (χ1) is 9.88. The zero-order valence-corrected chi connectivity index (χ0v) is 12.8. The Morgan fingerprint density at radius 2 is 2.05 bits per heavy atom. The third-order valence-electron chi connectivity index (χ3n) is 2.81. The molecule has 8 heteroatoms. The standard InChI is InChI=1S/C13H16N4O3S/c1-8-4-5-9-12(14-8)17(6-10(18)16(2)3)13(15-9)21-7-11(19)20/h4-5H,6-7H2,1-3H3,(H,19,20). The first-order valence-corrected chi connectivity index (χ1v) is 7.25. The van der Waals surface area contributed by atoms with E-state index in [4.69, 9.17) is 5.11 Å². The SMILES string of the molecule is Cc1ccc2nc(SCC(=O)O)n(CC(=O)N(C)C)c2n1. The molecule has 0 aromatic carbocycles. The number of carboxylic acid groups (broad SMARTS) is 1. The summed E-state index contributed by atoms with van der Waals surface area (Å²) in [4.78, 5) is 32.9. The molecule has 0 aliphatic heterocycles. The molecule has 112 valence electrons. The Kier molecular flexibility index (Phi) is 4.46. The van der Waals surface area contributed by atoms with Gasteiger partial charge in [0.1, 0.15) is 12.1 Å². The van der Waals surface area contributed by atoms with E-state index in [1.165, 1.54) is 4.90 Å². The van der Waals surface area contributed by atoms with Crippen molar-refractivity contribution in [3.8, 4) is 0 Å². The number of rotatable bonds is 5. The summed E-state index contributed by atoms with van der Waals surface area (Å²) in [5.41, 5.74) is 2.06. The van der Waals surface area contributed by atoms with Crippen LogP contribution in [0.2, 0.25) is 0 Å². The molecule has 0 saturated heterocycles. The van der Waals surface area contributed by atoms with Gasteiger partial charge in [-0.1, -0.05) is 11.8 Å². The molecule has 2 aromatic rings. The summed E-state index contributed by atoms with van der Waals surface area (Å²) >= 11 is 1.08. The van der Waals surface area contributed by atoms with Gasteiger partial charge in [0, 0.05) is 19.8 Å². The largest absolute Gasteiger partial charge is 0.481 e. The molecule has 21 heavy (non-hydrogen) atoms. The summed E-state index contributed by atoms with van der Waals surface area (Å²) in [6, 6.07) is 3.65. The van der Waals surface area contributed by atoms with E-state index < -0.39 is 5.97 Å². The summed E-state index contributed by atoms with van der Waals surface area (Å²) < 4.78 is 1.66. The maximum absolute atomic E-state index is 12.0. The third kappa shape index (κ3) is 3.52. The Morgan fingerprint density at radius 3 is 2.67 bits per heavy atom. The van der Waals surface area contributed by atoms with Gasteiger partial charge in [-0.3, -0.25) is 14.2 Å². The van der Waals surface area contributed by atoms with Crippen LogP contribution in [0.5, 0.6) is 0 Å². The lowest BCUT2D eigenvalue weighted by atomic mass is 10.3. The van der Waals surface area contributed by atoms with Crippen LogP contribution in [0, 0.1) is 6.92 Å². The first-order valence-electron chi connectivity index (χ1n) is 6.27. The zero-order valence-electron chi connectivity index (χ0n) is 12.0. The van der Waals surface area contributed by atoms with Gasteiger partial charge in [-0.05, 0) is 19.1 Å². The highest BCUT2D eigenvalue weighted by Gasteiger charge is 2.17. The van der Waals surface area contributed by atoms with Crippen LogP contribution in [0.1, 0.15) is 5.69 Å². The predicted octanol–water partition coefficient (Wildman–Crippen LogP) is 1.00. The summed E-state index contributed by atoms with van der Waals surface area (Å²) in [7, 11) is 3.34. The fourth-order valence-corrected chi connectivity index (χ4v) is 2.45. The molecule has 0 spiro atoms. The normalized spacial score (nSPS) is 10.8. The van der Waals surface area contributed by atoms with E-state index in [-0.39, 0.29) is 18.2 Å². The Hall–Kier alpha value is -2.09. The lowest BCUT2D eigenvalue weighted by Crippen LogP contribution is -2.26. The third-order valence-corrected chi connectivity index (χ3v) is 3.77. The topological polar surface area (TPSA) is 88.3 Å². The number of hydrogen-bond donors (Lipinski definition) is 1. The number of carboxylic acids is 1. The lowest BCUT2D eigenvalue weighted by Gasteiger charge is -2.12. The average Bonchev–Trinajstić information content (AvgIpc) is 2.74. The molecule has 0 fully saturated rings. The van der Waals surface area contributed by atoms with Crippen molar-refractivity contribution in [2.75, 3.05) is 19.8 Å². The smallest absolute Gasteiger partial charge is 0.313 e. The number of aryl methyl sites for hydroxylation is 1. The van der Waals surface area contributed by atoms with Crippen molar-refractivity contribution in [3.05, 3.63) is 17.8 Å². The second kappa shape index (κ2) is 6.13. The van der Waals surface area contributed by atoms with Crippen molar-refractivity contribution in [3.63, 3.8) is 0 Å². The van der Waals surface area contributed by atoms with E-state index in [9.17, 15) is 9.59 Å². The fraction of sp³-hybridized carbons (Fsp3) is 0.385. The Labute approximate surface area is 126 Å². The average molecular weight is 308 g/mol. The van der Waals surface area contributed by atoms with Gasteiger partial charge in [-0.15, -0.1) is 0 Å². The number of thioether (sulfide) groups is 1. The highest BCUT2D eigenvalue weighted by molar-refractivity contribution is 7.99. The molecule has 0 unspecified atom stereocenters. The van der Waals surface area contributed by atoms with Gasteiger partial charge in [-0.25, -0.2) is 9.97 Å². The Morgan fingerprint density at radius 1 is 1.33 bits per heavy atom. The maximum Gasteiger partial charge on any atom is 0.313 e. The number of aliphatic carboxylic acids is 1. The minimum absolute atomic E-state index is 0.0852. The number of hydrogen-bond acceptors (Lipinski definition) is 5. The lowest BCUT2D eigenvalue weighted by molar-refractivity contribution is -0.134. The minimum Gasteiger partial charge on any atom is -0.481 e. The molecule has 1 N–H and O–H groups in total. The van der Waals surface area contributed by atoms with Crippen LogP contribution in [-0.2, 0) is 16.1 Å². The number of amides is 1. The molecular formula is C13H16N4O3S. The van der Waals surface area contributed by atoms with E-state index in [1.54, 1.807) is 18.7 Å². The predicted molar refractivity (Wildman–Crippen MR) is 79.3 cm³/mol. The molecule has 2 rings (SSSR count). The van der Waals surface area contributed by atoms with Crippen molar-refractivity contribution in [2.24, 2.45) is 0 Å². The van der Waals surface area contributed by atoms with Crippen LogP contribution in [0.15, 0.2) is 17.3 Å². The molecule has 0 aliphatic carbocycles. The molecule has 2 heterocycles. The molecule has 0 aliphatic rings. The van der Waals surface area contributed by atoms with Crippen LogP contribution in [0.3, 0.4) is 0 Å². The van der Waals surface area contributed by atoms with E-state index >= 15 is 0 Å². The minimum atomic E-state index is -0.929.